The number of rotatable bonds is 5. The number of aromatic nitrogens is 4. The SMILES string of the molecule is Nc1nc(N2CCOCC2)c2nc(-c3ccc(NC(=O)C(N)CO)cc3)cnc2n1. The number of hydrogen-bond acceptors (Lipinski definition) is 10. The lowest BCUT2D eigenvalue weighted by molar-refractivity contribution is -0.118. The first-order chi connectivity index (χ1) is 14.5. The van der Waals surface area contributed by atoms with Crippen LogP contribution in [0, 0.1) is 0 Å². The van der Waals surface area contributed by atoms with Gasteiger partial charge in [0.15, 0.2) is 17.0 Å². The molecule has 11 heteroatoms. The second-order valence-electron chi connectivity index (χ2n) is 6.79. The lowest BCUT2D eigenvalue weighted by atomic mass is 10.1. The molecule has 0 aliphatic carbocycles. The highest BCUT2D eigenvalue weighted by atomic mass is 16.5. The topological polar surface area (TPSA) is 165 Å². The van der Waals surface area contributed by atoms with Crippen LogP contribution in [-0.4, -0.2) is 69.9 Å². The Morgan fingerprint density at radius 1 is 1.20 bits per heavy atom. The number of hydrogen-bond donors (Lipinski definition) is 4. The van der Waals surface area contributed by atoms with Crippen molar-refractivity contribution >= 4 is 34.5 Å². The summed E-state index contributed by atoms with van der Waals surface area (Å²) in [5.74, 6) is 0.324. The molecule has 0 saturated carbocycles. The second-order valence-corrected chi connectivity index (χ2v) is 6.79. The van der Waals surface area contributed by atoms with Crippen LogP contribution < -0.4 is 21.7 Å². The van der Waals surface area contributed by atoms with E-state index in [2.05, 4.69) is 25.2 Å². The van der Waals surface area contributed by atoms with Crippen LogP contribution in [0.5, 0.6) is 0 Å². The minimum atomic E-state index is -0.970. The van der Waals surface area contributed by atoms with Crippen LogP contribution in [-0.2, 0) is 9.53 Å². The molecule has 1 unspecified atom stereocenters. The van der Waals surface area contributed by atoms with Gasteiger partial charge in [-0.1, -0.05) is 12.1 Å². The molecular formula is C19H22N8O3. The molecule has 1 aromatic carbocycles. The summed E-state index contributed by atoms with van der Waals surface area (Å²) < 4.78 is 5.41. The molecule has 30 heavy (non-hydrogen) atoms. The van der Waals surface area contributed by atoms with E-state index in [-0.39, 0.29) is 5.95 Å². The van der Waals surface area contributed by atoms with Gasteiger partial charge in [0.05, 0.1) is 31.7 Å². The normalized spacial score (nSPS) is 15.2. The molecule has 1 saturated heterocycles. The summed E-state index contributed by atoms with van der Waals surface area (Å²) in [5.41, 5.74) is 14.4. The minimum Gasteiger partial charge on any atom is -0.394 e. The number of anilines is 3. The average molecular weight is 410 g/mol. The Hall–Kier alpha value is -3.41. The van der Waals surface area contributed by atoms with Gasteiger partial charge in [-0.3, -0.25) is 4.79 Å². The fraction of sp³-hybridized carbons (Fsp3) is 0.316. The quantitative estimate of drug-likeness (QED) is 0.441. The van der Waals surface area contributed by atoms with Crippen molar-refractivity contribution in [3.63, 3.8) is 0 Å². The standard InChI is InChI=1S/C19H22N8O3/c20-13(10-28)18(29)23-12-3-1-11(2-4-12)14-9-22-16-15(24-14)17(26-19(21)25-16)27-5-7-30-8-6-27/h1-4,9,13,28H,5-8,10,20H2,(H,23,29)(H2,21,22,25,26). The smallest absolute Gasteiger partial charge is 0.243 e. The van der Waals surface area contributed by atoms with Crippen molar-refractivity contribution in [3.05, 3.63) is 30.5 Å². The number of amides is 1. The van der Waals surface area contributed by atoms with Gasteiger partial charge < -0.3 is 31.5 Å². The molecule has 1 atom stereocenters. The maximum absolute atomic E-state index is 11.8. The molecule has 1 aliphatic heterocycles. The highest BCUT2D eigenvalue weighted by Crippen LogP contribution is 2.26. The van der Waals surface area contributed by atoms with Crippen molar-refractivity contribution in [1.29, 1.82) is 0 Å². The Bertz CT molecular complexity index is 1050. The minimum absolute atomic E-state index is 0.146. The van der Waals surface area contributed by atoms with E-state index < -0.39 is 18.6 Å². The van der Waals surface area contributed by atoms with E-state index in [9.17, 15) is 4.79 Å². The van der Waals surface area contributed by atoms with Gasteiger partial charge in [-0.15, -0.1) is 0 Å². The van der Waals surface area contributed by atoms with Crippen LogP contribution in [0.25, 0.3) is 22.4 Å². The maximum atomic E-state index is 11.8. The van der Waals surface area contributed by atoms with Crippen LogP contribution in [0.1, 0.15) is 0 Å². The van der Waals surface area contributed by atoms with Crippen molar-refractivity contribution < 1.29 is 14.6 Å². The molecule has 156 valence electrons. The lowest BCUT2D eigenvalue weighted by Crippen LogP contribution is -2.38. The van der Waals surface area contributed by atoms with Gasteiger partial charge in [-0.05, 0) is 12.1 Å². The van der Waals surface area contributed by atoms with Crippen LogP contribution in [0.3, 0.4) is 0 Å². The highest BCUT2D eigenvalue weighted by molar-refractivity contribution is 5.95. The summed E-state index contributed by atoms with van der Waals surface area (Å²) in [7, 11) is 0. The first kappa shape index (κ1) is 19.9. The fourth-order valence-corrected chi connectivity index (χ4v) is 3.09. The molecule has 3 aromatic rings. The van der Waals surface area contributed by atoms with Crippen molar-refractivity contribution in [2.24, 2.45) is 5.73 Å². The zero-order chi connectivity index (χ0) is 21.1. The number of nitrogens with two attached hydrogens (primary N) is 2. The first-order valence-electron chi connectivity index (χ1n) is 9.46. The Morgan fingerprint density at radius 2 is 1.93 bits per heavy atom. The van der Waals surface area contributed by atoms with E-state index in [1.165, 1.54) is 0 Å². The van der Waals surface area contributed by atoms with Gasteiger partial charge in [-0.25, -0.2) is 9.97 Å². The zero-order valence-electron chi connectivity index (χ0n) is 16.2. The third-order valence-electron chi connectivity index (χ3n) is 4.70. The van der Waals surface area contributed by atoms with Crippen LogP contribution >= 0.6 is 0 Å². The third-order valence-corrected chi connectivity index (χ3v) is 4.70. The molecule has 4 rings (SSSR count). The number of ether oxygens (including phenoxy) is 1. The van der Waals surface area contributed by atoms with Crippen molar-refractivity contribution in [2.45, 2.75) is 6.04 Å². The molecule has 6 N–H and O–H groups in total. The Morgan fingerprint density at radius 3 is 2.63 bits per heavy atom. The molecule has 1 fully saturated rings. The number of benzene rings is 1. The predicted molar refractivity (Wildman–Crippen MR) is 112 cm³/mol. The highest BCUT2D eigenvalue weighted by Gasteiger charge is 2.19. The molecule has 0 bridgehead atoms. The number of nitrogens with one attached hydrogen (secondary N) is 1. The van der Waals surface area contributed by atoms with Gasteiger partial charge >= 0.3 is 0 Å². The molecule has 3 heterocycles. The molecule has 11 nitrogen and oxygen atoms in total. The van der Waals surface area contributed by atoms with Gasteiger partial charge in [0.2, 0.25) is 11.9 Å². The van der Waals surface area contributed by atoms with Crippen LogP contribution in [0.15, 0.2) is 30.5 Å². The van der Waals surface area contributed by atoms with Gasteiger partial charge in [0, 0.05) is 24.3 Å². The molecule has 0 spiro atoms. The number of morpholine rings is 1. The summed E-state index contributed by atoms with van der Waals surface area (Å²) >= 11 is 0. The van der Waals surface area contributed by atoms with Crippen molar-refractivity contribution in [1.82, 2.24) is 19.9 Å². The zero-order valence-corrected chi connectivity index (χ0v) is 16.2. The van der Waals surface area contributed by atoms with E-state index in [0.29, 0.717) is 54.7 Å². The molecule has 0 radical (unpaired) electrons. The monoisotopic (exact) mass is 410 g/mol. The predicted octanol–water partition coefficient (Wildman–Crippen LogP) is -0.236. The summed E-state index contributed by atoms with van der Waals surface area (Å²) in [6, 6.07) is 6.10. The summed E-state index contributed by atoms with van der Waals surface area (Å²) in [6.45, 7) is 2.15. The summed E-state index contributed by atoms with van der Waals surface area (Å²) in [5, 5.41) is 11.6. The number of aliphatic hydroxyl groups excluding tert-OH is 1. The first-order valence-corrected chi connectivity index (χ1v) is 9.46. The lowest BCUT2D eigenvalue weighted by Gasteiger charge is -2.28. The second kappa shape index (κ2) is 8.53. The molecule has 1 aliphatic rings. The fourth-order valence-electron chi connectivity index (χ4n) is 3.09. The van der Waals surface area contributed by atoms with Gasteiger partial charge in [-0.2, -0.15) is 9.97 Å². The average Bonchev–Trinajstić information content (AvgIpc) is 2.78. The number of fused-ring (bicyclic) bond motifs is 1. The molecular weight excluding hydrogens is 388 g/mol. The Labute approximate surface area is 172 Å². The van der Waals surface area contributed by atoms with Crippen molar-refractivity contribution in [2.75, 3.05) is 48.9 Å². The van der Waals surface area contributed by atoms with E-state index >= 15 is 0 Å². The largest absolute Gasteiger partial charge is 0.394 e. The molecule has 1 amide bonds. The number of nitrogens with zero attached hydrogens (tertiary/aromatic N) is 5. The molecule has 2 aromatic heterocycles. The number of nitrogen functional groups attached to an aromatic ring is 1. The van der Waals surface area contributed by atoms with E-state index in [4.69, 9.17) is 26.3 Å². The van der Waals surface area contributed by atoms with Crippen LogP contribution in [0.2, 0.25) is 0 Å². The Balaban J connectivity index is 1.64. The van der Waals surface area contributed by atoms with Gasteiger partial charge in [0.25, 0.3) is 0 Å². The number of carbonyl (C=O) groups excluding carboxylic acids is 1. The summed E-state index contributed by atoms with van der Waals surface area (Å²) in [6.07, 6.45) is 1.62. The van der Waals surface area contributed by atoms with E-state index in [0.717, 1.165) is 5.56 Å². The van der Waals surface area contributed by atoms with E-state index in [1.54, 1.807) is 18.3 Å². The third kappa shape index (κ3) is 4.13. The maximum Gasteiger partial charge on any atom is 0.243 e. The van der Waals surface area contributed by atoms with E-state index in [1.807, 2.05) is 12.1 Å². The Kier molecular flexibility index (Phi) is 5.65. The number of aliphatic hydroxyl groups is 1. The van der Waals surface area contributed by atoms with Crippen molar-refractivity contribution in [3.8, 4) is 11.3 Å². The van der Waals surface area contributed by atoms with Crippen LogP contribution in [0.4, 0.5) is 17.5 Å². The summed E-state index contributed by atoms with van der Waals surface area (Å²) in [4.78, 5) is 31.6. The number of carbonyl (C=O) groups is 1. The van der Waals surface area contributed by atoms with Gasteiger partial charge in [0.1, 0.15) is 6.04 Å².